The number of ether oxygens (including phenoxy) is 1. The second-order valence-electron chi connectivity index (χ2n) is 7.90. The largest absolute Gasteiger partial charge is 0.450 e. The minimum absolute atomic E-state index is 0.0126. The molecule has 3 rings (SSSR count). The number of rotatable bonds is 5. The molecule has 3 aliphatic rings. The van der Waals surface area contributed by atoms with E-state index in [9.17, 15) is 14.4 Å². The monoisotopic (exact) mass is 377 g/mol. The molecule has 2 saturated heterocycles. The number of carbonyl (C=O) groups excluding carboxylic acids is 3. The second-order valence-corrected chi connectivity index (χ2v) is 7.90. The van der Waals surface area contributed by atoms with Gasteiger partial charge in [-0.2, -0.15) is 0 Å². The zero-order chi connectivity index (χ0) is 19.4. The van der Waals surface area contributed by atoms with Crippen molar-refractivity contribution in [1.29, 1.82) is 0 Å². The molecular formula is C20H31N3O4. The maximum Gasteiger partial charge on any atom is 0.335 e. The Kier molecular flexibility index (Phi) is 6.19. The quantitative estimate of drug-likeness (QED) is 0.576. The number of piperidine rings is 2. The summed E-state index contributed by atoms with van der Waals surface area (Å²) >= 11 is 0. The Hall–Kier alpha value is -1.89. The van der Waals surface area contributed by atoms with E-state index in [-0.39, 0.29) is 11.8 Å². The third-order valence-corrected chi connectivity index (χ3v) is 6.05. The van der Waals surface area contributed by atoms with Crippen LogP contribution in [-0.4, -0.2) is 72.5 Å². The molecule has 27 heavy (non-hydrogen) atoms. The number of carbonyl (C=O) groups is 3. The van der Waals surface area contributed by atoms with Gasteiger partial charge >= 0.3 is 5.97 Å². The summed E-state index contributed by atoms with van der Waals surface area (Å²) in [7, 11) is 0. The average Bonchev–Trinajstić information content (AvgIpc) is 2.89. The van der Waals surface area contributed by atoms with Crippen molar-refractivity contribution in [3.8, 4) is 0 Å². The number of hydrogen-bond acceptors (Lipinski definition) is 5. The highest BCUT2D eigenvalue weighted by molar-refractivity contribution is 6.07. The van der Waals surface area contributed by atoms with Gasteiger partial charge in [-0.05, 0) is 45.8 Å². The minimum atomic E-state index is -0.871. The van der Waals surface area contributed by atoms with Crippen molar-refractivity contribution in [2.45, 2.75) is 58.0 Å². The van der Waals surface area contributed by atoms with Gasteiger partial charge in [0, 0.05) is 45.0 Å². The molecule has 3 heterocycles. The van der Waals surface area contributed by atoms with Crippen LogP contribution in [0.2, 0.25) is 0 Å². The van der Waals surface area contributed by atoms with E-state index < -0.39 is 11.6 Å². The number of amides is 2. The highest BCUT2D eigenvalue weighted by atomic mass is 16.6. The zero-order valence-electron chi connectivity index (χ0n) is 16.5. The van der Waals surface area contributed by atoms with Gasteiger partial charge in [-0.25, -0.2) is 4.79 Å². The fraction of sp³-hybridized carbons (Fsp3) is 0.750. The Morgan fingerprint density at radius 1 is 1.11 bits per heavy atom. The van der Waals surface area contributed by atoms with Crippen molar-refractivity contribution in [1.82, 2.24) is 15.1 Å². The molecule has 7 nitrogen and oxygen atoms in total. The molecule has 0 aliphatic carbocycles. The number of likely N-dealkylation sites (tertiary alicyclic amines) is 2. The summed E-state index contributed by atoms with van der Waals surface area (Å²) in [5.41, 5.74) is -0.00200. The lowest BCUT2D eigenvalue weighted by atomic mass is 9.82. The van der Waals surface area contributed by atoms with E-state index in [0.717, 1.165) is 26.1 Å². The van der Waals surface area contributed by atoms with Gasteiger partial charge in [0.15, 0.2) is 0 Å². The lowest BCUT2D eigenvalue weighted by Gasteiger charge is -2.39. The van der Waals surface area contributed by atoms with Crippen molar-refractivity contribution in [2.75, 3.05) is 39.3 Å². The molecule has 1 spiro atoms. The van der Waals surface area contributed by atoms with Crippen LogP contribution in [0.1, 0.15) is 52.4 Å². The maximum atomic E-state index is 12.8. The van der Waals surface area contributed by atoms with E-state index in [0.29, 0.717) is 43.6 Å². The molecular weight excluding hydrogens is 346 g/mol. The Labute approximate surface area is 161 Å². The maximum absolute atomic E-state index is 12.8. The van der Waals surface area contributed by atoms with E-state index in [1.54, 1.807) is 11.8 Å². The van der Waals surface area contributed by atoms with Crippen LogP contribution in [0.4, 0.5) is 0 Å². The summed E-state index contributed by atoms with van der Waals surface area (Å²) in [6.07, 6.45) is 5.70. The summed E-state index contributed by atoms with van der Waals surface area (Å²) in [5, 5.41) is 2.98. The highest BCUT2D eigenvalue weighted by Crippen LogP contribution is 2.41. The number of esters is 1. The van der Waals surface area contributed by atoms with E-state index in [4.69, 9.17) is 4.74 Å². The predicted molar refractivity (Wildman–Crippen MR) is 101 cm³/mol. The fourth-order valence-corrected chi connectivity index (χ4v) is 4.44. The molecule has 0 aromatic rings. The van der Waals surface area contributed by atoms with Crippen molar-refractivity contribution in [3.05, 3.63) is 11.1 Å². The molecule has 2 fully saturated rings. The van der Waals surface area contributed by atoms with Crippen LogP contribution < -0.4 is 5.32 Å². The smallest absolute Gasteiger partial charge is 0.335 e. The molecule has 0 saturated carbocycles. The Morgan fingerprint density at radius 3 is 2.41 bits per heavy atom. The summed E-state index contributed by atoms with van der Waals surface area (Å²) in [6.45, 7) is 8.09. The first kappa shape index (κ1) is 19.9. The molecule has 1 N–H and O–H groups in total. The lowest BCUT2D eigenvalue weighted by Crippen LogP contribution is -2.50. The minimum Gasteiger partial charge on any atom is -0.450 e. The van der Waals surface area contributed by atoms with Crippen LogP contribution in [0.25, 0.3) is 0 Å². The average molecular weight is 377 g/mol. The van der Waals surface area contributed by atoms with Crippen LogP contribution in [0.3, 0.4) is 0 Å². The van der Waals surface area contributed by atoms with Gasteiger partial charge in [-0.15, -0.1) is 0 Å². The molecule has 0 aromatic carbocycles. The van der Waals surface area contributed by atoms with E-state index in [2.05, 4.69) is 10.2 Å². The van der Waals surface area contributed by atoms with Crippen LogP contribution in [0, 0.1) is 0 Å². The Balaban J connectivity index is 1.56. The molecule has 2 amide bonds. The van der Waals surface area contributed by atoms with E-state index >= 15 is 0 Å². The summed E-state index contributed by atoms with van der Waals surface area (Å²) < 4.78 is 5.65. The van der Waals surface area contributed by atoms with Gasteiger partial charge in [-0.1, -0.05) is 6.42 Å². The fourth-order valence-electron chi connectivity index (χ4n) is 4.44. The van der Waals surface area contributed by atoms with Crippen LogP contribution in [-0.2, 0) is 19.1 Å². The Morgan fingerprint density at radius 2 is 1.78 bits per heavy atom. The first-order valence-electron chi connectivity index (χ1n) is 10.1. The van der Waals surface area contributed by atoms with Crippen LogP contribution in [0.15, 0.2) is 11.1 Å². The van der Waals surface area contributed by atoms with Gasteiger partial charge in [0.05, 0.1) is 5.57 Å². The van der Waals surface area contributed by atoms with Gasteiger partial charge in [0.25, 0.3) is 5.91 Å². The molecule has 3 aliphatic heterocycles. The van der Waals surface area contributed by atoms with Gasteiger partial charge in [0.1, 0.15) is 5.60 Å². The first-order chi connectivity index (χ1) is 12.9. The number of nitrogens with one attached hydrogen (secondary N) is 1. The third kappa shape index (κ3) is 4.34. The second kappa shape index (κ2) is 8.42. The summed E-state index contributed by atoms with van der Waals surface area (Å²) in [5.74, 6) is -0.600. The SMILES string of the molecule is CC(=O)N1CCC2(CC1)OC(=O)C(C)=C2C(=O)NCCCN1CCCCC1. The normalized spacial score (nSPS) is 22.9. The molecule has 0 unspecified atom stereocenters. The summed E-state index contributed by atoms with van der Waals surface area (Å²) in [4.78, 5) is 40.8. The standard InChI is InChI=1S/C20H31N3O4/c1-15-17(18(25)21-9-6-12-22-10-4-3-5-11-22)20(27-19(15)26)7-13-23(14-8-20)16(2)24/h3-14H2,1-2H3,(H,21,25). The molecule has 0 aromatic heterocycles. The van der Waals surface area contributed by atoms with E-state index in [1.807, 2.05) is 0 Å². The highest BCUT2D eigenvalue weighted by Gasteiger charge is 2.50. The van der Waals surface area contributed by atoms with Gasteiger partial charge < -0.3 is 19.9 Å². The predicted octanol–water partition coefficient (Wildman–Crippen LogP) is 1.23. The van der Waals surface area contributed by atoms with Crippen molar-refractivity contribution in [2.24, 2.45) is 0 Å². The summed E-state index contributed by atoms with van der Waals surface area (Å²) in [6, 6.07) is 0. The molecule has 7 heteroatoms. The zero-order valence-corrected chi connectivity index (χ0v) is 16.5. The van der Waals surface area contributed by atoms with Crippen molar-refractivity contribution in [3.63, 3.8) is 0 Å². The molecule has 0 bridgehead atoms. The van der Waals surface area contributed by atoms with Crippen LogP contribution >= 0.6 is 0 Å². The van der Waals surface area contributed by atoms with E-state index in [1.165, 1.54) is 26.2 Å². The molecule has 150 valence electrons. The molecule has 0 atom stereocenters. The topological polar surface area (TPSA) is 78.9 Å². The molecule has 0 radical (unpaired) electrons. The third-order valence-electron chi connectivity index (χ3n) is 6.05. The lowest BCUT2D eigenvalue weighted by molar-refractivity contribution is -0.152. The van der Waals surface area contributed by atoms with Gasteiger partial charge in [0.2, 0.25) is 5.91 Å². The van der Waals surface area contributed by atoms with Crippen molar-refractivity contribution < 1.29 is 19.1 Å². The van der Waals surface area contributed by atoms with Gasteiger partial charge in [-0.3, -0.25) is 9.59 Å². The number of hydrogen-bond donors (Lipinski definition) is 1. The Bertz CT molecular complexity index is 629. The first-order valence-corrected chi connectivity index (χ1v) is 10.1. The van der Waals surface area contributed by atoms with Crippen LogP contribution in [0.5, 0.6) is 0 Å². The van der Waals surface area contributed by atoms with Crippen molar-refractivity contribution >= 4 is 17.8 Å². The number of nitrogens with zero attached hydrogens (tertiary/aromatic N) is 2.